The van der Waals surface area contributed by atoms with E-state index in [1.54, 1.807) is 25.7 Å². The molecule has 0 saturated heterocycles. The summed E-state index contributed by atoms with van der Waals surface area (Å²) in [6, 6.07) is 5.19. The van der Waals surface area contributed by atoms with Crippen LogP contribution in [0.25, 0.3) is 0 Å². The Morgan fingerprint density at radius 1 is 0.975 bits per heavy atom. The highest BCUT2D eigenvalue weighted by atomic mass is 16.6. The maximum Gasteiger partial charge on any atom is 0.408 e. The second-order valence-corrected chi connectivity index (χ2v) is 12.1. The van der Waals surface area contributed by atoms with E-state index in [1.807, 2.05) is 38.1 Å². The monoisotopic (exact) mass is 560 g/mol. The van der Waals surface area contributed by atoms with Crippen LogP contribution < -0.4 is 16.4 Å². The van der Waals surface area contributed by atoms with E-state index < -0.39 is 35.6 Å². The van der Waals surface area contributed by atoms with Crippen molar-refractivity contribution in [3.8, 4) is 0 Å². The van der Waals surface area contributed by atoms with Gasteiger partial charge in [-0.1, -0.05) is 63.4 Å². The van der Waals surface area contributed by atoms with Crippen molar-refractivity contribution in [3.05, 3.63) is 35.4 Å². The third-order valence-electron chi connectivity index (χ3n) is 6.56. The average Bonchev–Trinajstić information content (AvgIpc) is 2.85. The van der Waals surface area contributed by atoms with Crippen LogP contribution in [-0.4, -0.2) is 52.9 Å². The molecule has 9 nitrogen and oxygen atoms in total. The van der Waals surface area contributed by atoms with Gasteiger partial charge in [0.1, 0.15) is 17.7 Å². The molecule has 4 amide bonds. The van der Waals surface area contributed by atoms with Gasteiger partial charge in [-0.15, -0.1) is 0 Å². The summed E-state index contributed by atoms with van der Waals surface area (Å²) in [7, 11) is 0. The van der Waals surface area contributed by atoms with E-state index in [0.29, 0.717) is 24.4 Å². The number of alkyl carbamates (subject to hydrolysis) is 1. The molecule has 3 atom stereocenters. The molecule has 9 heteroatoms. The SMILES string of the molecule is CCCCCNC(=O)C(c1ccc(C)cc1)N(C(=O)C(CCC(N)=O)NC(=O)OC(C)(C)C)C(C)CCC(C)C. The predicted molar refractivity (Wildman–Crippen MR) is 158 cm³/mol. The number of primary amides is 1. The third kappa shape index (κ3) is 12.8. The normalized spacial score (nSPS) is 13.7. The number of hydrogen-bond acceptors (Lipinski definition) is 5. The minimum absolute atomic E-state index is 0.0143. The Balaban J connectivity index is 3.56. The molecular formula is C31H52N4O5. The lowest BCUT2D eigenvalue weighted by molar-refractivity contribution is -0.145. The van der Waals surface area contributed by atoms with Crippen LogP contribution in [0.5, 0.6) is 0 Å². The molecule has 40 heavy (non-hydrogen) atoms. The van der Waals surface area contributed by atoms with E-state index in [4.69, 9.17) is 10.5 Å². The second-order valence-electron chi connectivity index (χ2n) is 12.1. The van der Waals surface area contributed by atoms with E-state index in [9.17, 15) is 19.2 Å². The first-order chi connectivity index (χ1) is 18.7. The van der Waals surface area contributed by atoms with Crippen LogP contribution >= 0.6 is 0 Å². The number of carbonyl (C=O) groups is 4. The number of rotatable bonds is 16. The summed E-state index contributed by atoms with van der Waals surface area (Å²) in [6.07, 6.45) is 3.43. The van der Waals surface area contributed by atoms with Gasteiger partial charge in [0.15, 0.2) is 0 Å². The third-order valence-corrected chi connectivity index (χ3v) is 6.56. The molecule has 0 aliphatic rings. The molecule has 3 unspecified atom stereocenters. The van der Waals surface area contributed by atoms with Crippen LogP contribution in [0.4, 0.5) is 4.79 Å². The largest absolute Gasteiger partial charge is 0.444 e. The number of nitrogens with two attached hydrogens (primary N) is 1. The summed E-state index contributed by atoms with van der Waals surface area (Å²) < 4.78 is 5.41. The number of benzene rings is 1. The fourth-order valence-corrected chi connectivity index (χ4v) is 4.36. The standard InChI is InChI=1S/C31H52N4O5/c1-9-10-11-20-33-28(37)27(24-16-13-22(4)14-17-24)35(23(5)15-12-21(2)3)29(38)25(18-19-26(32)36)34-30(39)40-31(6,7)8/h13-14,16-17,21,23,25,27H,9-12,15,18-20H2,1-8H3,(H2,32,36)(H,33,37)(H,34,39). The van der Waals surface area contributed by atoms with Gasteiger partial charge in [0.25, 0.3) is 0 Å². The van der Waals surface area contributed by atoms with Crippen LogP contribution in [0.15, 0.2) is 24.3 Å². The minimum atomic E-state index is -1.11. The van der Waals surface area contributed by atoms with E-state index >= 15 is 0 Å². The minimum Gasteiger partial charge on any atom is -0.444 e. The number of hydrogen-bond donors (Lipinski definition) is 3. The molecular weight excluding hydrogens is 508 g/mol. The first-order valence-electron chi connectivity index (χ1n) is 14.6. The fraction of sp³-hybridized carbons (Fsp3) is 0.677. The summed E-state index contributed by atoms with van der Waals surface area (Å²) in [5, 5.41) is 5.68. The van der Waals surface area contributed by atoms with Crippen molar-refractivity contribution in [3.63, 3.8) is 0 Å². The Labute approximate surface area is 241 Å². The second kappa shape index (κ2) is 16.9. The van der Waals surface area contributed by atoms with Crippen molar-refractivity contribution >= 4 is 23.8 Å². The smallest absolute Gasteiger partial charge is 0.408 e. The number of nitrogens with one attached hydrogen (secondary N) is 2. The Bertz CT molecular complexity index is 955. The van der Waals surface area contributed by atoms with Gasteiger partial charge in [0, 0.05) is 19.0 Å². The van der Waals surface area contributed by atoms with Gasteiger partial charge in [-0.25, -0.2) is 4.79 Å². The molecule has 0 aromatic heterocycles. The lowest BCUT2D eigenvalue weighted by Crippen LogP contribution is -2.55. The van der Waals surface area contributed by atoms with Crippen LogP contribution in [0.2, 0.25) is 0 Å². The highest BCUT2D eigenvalue weighted by molar-refractivity contribution is 5.92. The molecule has 0 fully saturated rings. The molecule has 1 aromatic carbocycles. The Morgan fingerprint density at radius 3 is 2.12 bits per heavy atom. The Kier molecular flexibility index (Phi) is 14.7. The van der Waals surface area contributed by atoms with Gasteiger partial charge in [0.2, 0.25) is 17.7 Å². The van der Waals surface area contributed by atoms with Crippen molar-refractivity contribution in [2.75, 3.05) is 6.54 Å². The highest BCUT2D eigenvalue weighted by Gasteiger charge is 2.38. The molecule has 1 aromatic rings. The Morgan fingerprint density at radius 2 is 1.60 bits per heavy atom. The zero-order chi connectivity index (χ0) is 30.5. The molecule has 0 saturated carbocycles. The van der Waals surface area contributed by atoms with E-state index in [1.165, 1.54) is 0 Å². The fourth-order valence-electron chi connectivity index (χ4n) is 4.36. The topological polar surface area (TPSA) is 131 Å². The maximum atomic E-state index is 14.3. The number of nitrogens with zero attached hydrogens (tertiary/aromatic N) is 1. The summed E-state index contributed by atoms with van der Waals surface area (Å²) in [5.74, 6) is -0.939. The van der Waals surface area contributed by atoms with Gasteiger partial charge in [-0.05, 0) is 71.8 Å². The summed E-state index contributed by atoms with van der Waals surface area (Å²) >= 11 is 0. The highest BCUT2D eigenvalue weighted by Crippen LogP contribution is 2.28. The summed E-state index contributed by atoms with van der Waals surface area (Å²) in [4.78, 5) is 54.1. The quantitative estimate of drug-likeness (QED) is 0.241. The predicted octanol–water partition coefficient (Wildman–Crippen LogP) is 5.15. The van der Waals surface area contributed by atoms with Gasteiger partial charge in [-0.2, -0.15) is 0 Å². The number of aryl methyl sites for hydroxylation is 1. The van der Waals surface area contributed by atoms with Crippen molar-refractivity contribution < 1.29 is 23.9 Å². The summed E-state index contributed by atoms with van der Waals surface area (Å²) in [6.45, 7) is 15.9. The van der Waals surface area contributed by atoms with Crippen LogP contribution in [0.1, 0.15) is 111 Å². The van der Waals surface area contributed by atoms with E-state index in [-0.39, 0.29) is 24.8 Å². The molecule has 0 aliphatic carbocycles. The van der Waals surface area contributed by atoms with Crippen LogP contribution in [0, 0.1) is 12.8 Å². The summed E-state index contributed by atoms with van der Waals surface area (Å²) in [5.41, 5.74) is 6.33. The van der Waals surface area contributed by atoms with Crippen molar-refractivity contribution in [2.24, 2.45) is 11.7 Å². The van der Waals surface area contributed by atoms with Gasteiger partial charge in [-0.3, -0.25) is 14.4 Å². The van der Waals surface area contributed by atoms with Crippen LogP contribution in [-0.2, 0) is 19.1 Å². The van der Waals surface area contributed by atoms with E-state index in [0.717, 1.165) is 31.2 Å². The number of carbonyl (C=O) groups excluding carboxylic acids is 4. The number of ether oxygens (including phenoxy) is 1. The van der Waals surface area contributed by atoms with Crippen molar-refractivity contribution in [2.45, 2.75) is 124 Å². The molecule has 0 aliphatic heterocycles. The van der Waals surface area contributed by atoms with Crippen molar-refractivity contribution in [1.82, 2.24) is 15.5 Å². The van der Waals surface area contributed by atoms with Crippen molar-refractivity contribution in [1.29, 1.82) is 0 Å². The zero-order valence-electron chi connectivity index (χ0n) is 25.8. The van der Waals surface area contributed by atoms with Gasteiger partial charge < -0.3 is 26.0 Å². The van der Waals surface area contributed by atoms with E-state index in [2.05, 4.69) is 31.4 Å². The van der Waals surface area contributed by atoms with Gasteiger partial charge >= 0.3 is 6.09 Å². The molecule has 0 bridgehead atoms. The first-order valence-corrected chi connectivity index (χ1v) is 14.6. The molecule has 0 radical (unpaired) electrons. The number of amides is 4. The molecule has 1 rings (SSSR count). The number of unbranched alkanes of at least 4 members (excludes halogenated alkanes) is 2. The Hall–Kier alpha value is -3.10. The lowest BCUT2D eigenvalue weighted by atomic mass is 9.96. The lowest BCUT2D eigenvalue weighted by Gasteiger charge is -2.39. The maximum absolute atomic E-state index is 14.3. The molecule has 226 valence electrons. The van der Waals surface area contributed by atoms with Gasteiger partial charge in [0.05, 0.1) is 0 Å². The zero-order valence-corrected chi connectivity index (χ0v) is 25.8. The first kappa shape index (κ1) is 34.9. The van der Waals surface area contributed by atoms with Crippen LogP contribution in [0.3, 0.4) is 0 Å². The molecule has 0 spiro atoms. The molecule has 4 N–H and O–H groups in total. The average molecular weight is 561 g/mol. The molecule has 0 heterocycles.